The average Bonchev–Trinajstić information content (AvgIpc) is 2.79. The standard InChI is InChI=1S/C9H8Cl3NO2S/c1-4(14)13-2-3-15-9(13)7-5(10)6(11)8(12)16-7/h9H,2-3H2,1H3/t9-/m0/s1. The van der Waals surface area contributed by atoms with E-state index in [0.29, 0.717) is 32.4 Å². The van der Waals surface area contributed by atoms with Crippen LogP contribution in [0.3, 0.4) is 0 Å². The summed E-state index contributed by atoms with van der Waals surface area (Å²) in [6, 6.07) is 0. The van der Waals surface area contributed by atoms with Crippen molar-refractivity contribution in [2.45, 2.75) is 13.2 Å². The molecule has 0 aromatic carbocycles. The minimum atomic E-state index is -0.458. The van der Waals surface area contributed by atoms with Gasteiger partial charge in [-0.3, -0.25) is 4.79 Å². The molecule has 2 heterocycles. The lowest BCUT2D eigenvalue weighted by Gasteiger charge is -2.20. The molecule has 0 N–H and O–H groups in total. The number of ether oxygens (including phenoxy) is 1. The molecule has 16 heavy (non-hydrogen) atoms. The van der Waals surface area contributed by atoms with Gasteiger partial charge in [-0.1, -0.05) is 34.8 Å². The maximum Gasteiger partial charge on any atom is 0.221 e. The SMILES string of the molecule is CC(=O)N1CCO[C@H]1c1sc(Cl)c(Cl)c1Cl. The number of rotatable bonds is 1. The van der Waals surface area contributed by atoms with Crippen molar-refractivity contribution in [2.24, 2.45) is 0 Å². The van der Waals surface area contributed by atoms with Gasteiger partial charge in [0.15, 0.2) is 6.23 Å². The summed E-state index contributed by atoms with van der Waals surface area (Å²) in [6.45, 7) is 2.55. The Bertz CT molecular complexity index is 435. The molecule has 0 bridgehead atoms. The Balaban J connectivity index is 2.36. The van der Waals surface area contributed by atoms with Crippen LogP contribution in [0.2, 0.25) is 14.4 Å². The van der Waals surface area contributed by atoms with E-state index in [1.54, 1.807) is 4.90 Å². The second kappa shape index (κ2) is 4.70. The van der Waals surface area contributed by atoms with Gasteiger partial charge in [0.05, 0.1) is 21.5 Å². The van der Waals surface area contributed by atoms with Crippen LogP contribution in [0.5, 0.6) is 0 Å². The highest BCUT2D eigenvalue weighted by Gasteiger charge is 2.33. The molecule has 1 amide bonds. The van der Waals surface area contributed by atoms with E-state index in [0.717, 1.165) is 0 Å². The third-order valence-corrected chi connectivity index (χ3v) is 4.92. The Morgan fingerprint density at radius 3 is 2.62 bits per heavy atom. The number of thiophene rings is 1. The normalized spacial score (nSPS) is 20.5. The molecular weight excluding hydrogens is 293 g/mol. The maximum absolute atomic E-state index is 11.4. The van der Waals surface area contributed by atoms with Crippen LogP contribution >= 0.6 is 46.1 Å². The van der Waals surface area contributed by atoms with Crippen LogP contribution in [0, 0.1) is 0 Å². The minimum absolute atomic E-state index is 0.0563. The van der Waals surface area contributed by atoms with Crippen LogP contribution < -0.4 is 0 Å². The quantitative estimate of drug-likeness (QED) is 0.793. The second-order valence-corrected chi connectivity index (χ2v) is 5.71. The van der Waals surface area contributed by atoms with Crippen molar-refractivity contribution in [3.05, 3.63) is 19.3 Å². The Hall–Kier alpha value is -0.000000000000000167. The predicted molar refractivity (Wildman–Crippen MR) is 65.4 cm³/mol. The molecular formula is C9H8Cl3NO2S. The van der Waals surface area contributed by atoms with E-state index in [1.807, 2.05) is 0 Å². The van der Waals surface area contributed by atoms with Gasteiger partial charge in [-0.15, -0.1) is 11.3 Å². The highest BCUT2D eigenvalue weighted by Crippen LogP contribution is 2.45. The summed E-state index contributed by atoms with van der Waals surface area (Å²) < 4.78 is 5.89. The lowest BCUT2D eigenvalue weighted by atomic mass is 10.3. The molecule has 3 nitrogen and oxygen atoms in total. The minimum Gasteiger partial charge on any atom is -0.351 e. The number of carbonyl (C=O) groups is 1. The van der Waals surface area contributed by atoms with Crippen molar-refractivity contribution >= 4 is 52.0 Å². The number of carbonyl (C=O) groups excluding carboxylic acids is 1. The topological polar surface area (TPSA) is 29.5 Å². The summed E-state index contributed by atoms with van der Waals surface area (Å²) in [5.41, 5.74) is 0. The van der Waals surface area contributed by atoms with Gasteiger partial charge in [0, 0.05) is 13.5 Å². The fourth-order valence-corrected chi connectivity index (χ4v) is 3.45. The number of halogens is 3. The van der Waals surface area contributed by atoms with E-state index in [9.17, 15) is 4.79 Å². The van der Waals surface area contributed by atoms with Crippen LogP contribution in [0.4, 0.5) is 0 Å². The zero-order chi connectivity index (χ0) is 11.9. The average molecular weight is 301 g/mol. The molecule has 1 fully saturated rings. The zero-order valence-electron chi connectivity index (χ0n) is 8.30. The van der Waals surface area contributed by atoms with E-state index in [4.69, 9.17) is 39.5 Å². The number of hydrogen-bond acceptors (Lipinski definition) is 3. The molecule has 88 valence electrons. The molecule has 1 aliphatic heterocycles. The van der Waals surface area contributed by atoms with Gasteiger partial charge < -0.3 is 9.64 Å². The van der Waals surface area contributed by atoms with Crippen molar-refractivity contribution in [1.29, 1.82) is 0 Å². The van der Waals surface area contributed by atoms with E-state index >= 15 is 0 Å². The highest BCUT2D eigenvalue weighted by atomic mass is 35.5. The summed E-state index contributed by atoms with van der Waals surface area (Å²) in [5, 5.41) is 0.692. The lowest BCUT2D eigenvalue weighted by molar-refractivity contribution is -0.133. The molecule has 7 heteroatoms. The van der Waals surface area contributed by atoms with E-state index < -0.39 is 6.23 Å². The smallest absolute Gasteiger partial charge is 0.221 e. The zero-order valence-corrected chi connectivity index (χ0v) is 11.4. The van der Waals surface area contributed by atoms with Gasteiger partial charge in [0.1, 0.15) is 4.34 Å². The van der Waals surface area contributed by atoms with Crippen molar-refractivity contribution in [2.75, 3.05) is 13.2 Å². The summed E-state index contributed by atoms with van der Waals surface area (Å²) >= 11 is 19.1. The fraction of sp³-hybridized carbons (Fsp3) is 0.444. The molecule has 1 aliphatic rings. The van der Waals surface area contributed by atoms with Gasteiger partial charge in [0.2, 0.25) is 5.91 Å². The Morgan fingerprint density at radius 2 is 2.12 bits per heavy atom. The molecule has 1 saturated heterocycles. The van der Waals surface area contributed by atoms with Crippen LogP contribution in [-0.4, -0.2) is 24.0 Å². The highest BCUT2D eigenvalue weighted by molar-refractivity contribution is 7.17. The van der Waals surface area contributed by atoms with Crippen LogP contribution in [0.15, 0.2) is 0 Å². The summed E-state index contributed by atoms with van der Waals surface area (Å²) in [7, 11) is 0. The molecule has 1 aromatic rings. The third kappa shape index (κ3) is 2.05. The first kappa shape index (κ1) is 12.5. The van der Waals surface area contributed by atoms with Crippen molar-refractivity contribution in [3.63, 3.8) is 0 Å². The lowest BCUT2D eigenvalue weighted by Crippen LogP contribution is -2.28. The van der Waals surface area contributed by atoms with E-state index in [-0.39, 0.29) is 5.91 Å². The Morgan fingerprint density at radius 1 is 1.44 bits per heavy atom. The molecule has 0 spiro atoms. The van der Waals surface area contributed by atoms with Crippen LogP contribution in [0.25, 0.3) is 0 Å². The fourth-order valence-electron chi connectivity index (χ4n) is 1.55. The van der Waals surface area contributed by atoms with Gasteiger partial charge in [-0.05, 0) is 0 Å². The molecule has 1 atom stereocenters. The molecule has 1 aromatic heterocycles. The molecule has 0 saturated carbocycles. The van der Waals surface area contributed by atoms with Gasteiger partial charge in [0.25, 0.3) is 0 Å². The third-order valence-electron chi connectivity index (χ3n) is 2.30. The van der Waals surface area contributed by atoms with Crippen LogP contribution in [-0.2, 0) is 9.53 Å². The molecule has 0 aliphatic carbocycles. The predicted octanol–water partition coefficient (Wildman–Crippen LogP) is 3.59. The van der Waals surface area contributed by atoms with Crippen molar-refractivity contribution in [1.82, 2.24) is 4.90 Å². The Kier molecular flexibility index (Phi) is 3.66. The Labute approximate surface area is 112 Å². The first-order valence-corrected chi connectivity index (χ1v) is 6.49. The molecule has 0 unspecified atom stereocenters. The van der Waals surface area contributed by atoms with Crippen molar-refractivity contribution < 1.29 is 9.53 Å². The molecule has 0 radical (unpaired) electrons. The monoisotopic (exact) mass is 299 g/mol. The summed E-state index contributed by atoms with van der Waals surface area (Å²) in [6.07, 6.45) is -0.458. The number of nitrogens with zero attached hydrogens (tertiary/aromatic N) is 1. The van der Waals surface area contributed by atoms with Gasteiger partial charge in [-0.25, -0.2) is 0 Å². The first-order valence-electron chi connectivity index (χ1n) is 4.54. The first-order chi connectivity index (χ1) is 7.52. The summed E-state index contributed by atoms with van der Waals surface area (Å²) in [4.78, 5) is 13.7. The second-order valence-electron chi connectivity index (χ2n) is 3.30. The number of hydrogen-bond donors (Lipinski definition) is 0. The van der Waals surface area contributed by atoms with Gasteiger partial charge in [-0.2, -0.15) is 0 Å². The maximum atomic E-state index is 11.4. The summed E-state index contributed by atoms with van der Waals surface area (Å²) in [5.74, 6) is -0.0563. The number of amides is 1. The van der Waals surface area contributed by atoms with Gasteiger partial charge >= 0.3 is 0 Å². The van der Waals surface area contributed by atoms with E-state index in [1.165, 1.54) is 18.3 Å². The van der Waals surface area contributed by atoms with E-state index in [2.05, 4.69) is 0 Å². The van der Waals surface area contributed by atoms with Crippen molar-refractivity contribution in [3.8, 4) is 0 Å². The molecule has 2 rings (SSSR count). The van der Waals surface area contributed by atoms with Crippen LogP contribution in [0.1, 0.15) is 18.0 Å². The largest absolute Gasteiger partial charge is 0.351 e.